The third-order valence-electron chi connectivity index (χ3n) is 2.94. The summed E-state index contributed by atoms with van der Waals surface area (Å²) in [6, 6.07) is 14.7. The van der Waals surface area contributed by atoms with Crippen molar-refractivity contribution in [2.45, 2.75) is 0 Å². The molecule has 0 fully saturated rings. The second kappa shape index (κ2) is 8.23. The lowest BCUT2D eigenvalue weighted by molar-refractivity contribution is -0.385. The molecule has 1 N–H and O–H groups in total. The number of hydrogen-bond donors (Lipinski definition) is 1. The minimum absolute atomic E-state index is 0.122. The van der Waals surface area contributed by atoms with Crippen molar-refractivity contribution in [3.8, 4) is 0 Å². The minimum Gasteiger partial charge on any atom is -0.452 e. The van der Waals surface area contributed by atoms with Crippen LogP contribution in [-0.2, 0) is 14.3 Å². The molecule has 0 unspecified atom stereocenters. The summed E-state index contributed by atoms with van der Waals surface area (Å²) in [5.41, 5.74) is 0.741. The largest absolute Gasteiger partial charge is 0.452 e. The number of ether oxygens (including phenoxy) is 1. The van der Waals surface area contributed by atoms with Crippen LogP contribution in [-0.4, -0.2) is 23.4 Å². The summed E-state index contributed by atoms with van der Waals surface area (Å²) in [5.74, 6) is -1.25. The average molecular weight is 326 g/mol. The molecule has 7 nitrogen and oxygen atoms in total. The van der Waals surface area contributed by atoms with Gasteiger partial charge in [0.2, 0.25) is 0 Å². The van der Waals surface area contributed by atoms with Gasteiger partial charge in [-0.05, 0) is 24.3 Å². The normalized spacial score (nSPS) is 10.3. The summed E-state index contributed by atoms with van der Waals surface area (Å²) in [6.07, 6.45) is 2.31. The van der Waals surface area contributed by atoms with Crippen LogP contribution < -0.4 is 5.32 Å². The van der Waals surface area contributed by atoms with Crippen LogP contribution in [0.3, 0.4) is 0 Å². The van der Waals surface area contributed by atoms with Gasteiger partial charge in [-0.2, -0.15) is 0 Å². The first-order valence-electron chi connectivity index (χ1n) is 6.99. The number of para-hydroxylation sites is 2. The summed E-state index contributed by atoms with van der Waals surface area (Å²) in [4.78, 5) is 33.5. The zero-order valence-corrected chi connectivity index (χ0v) is 12.5. The Kier molecular flexibility index (Phi) is 5.79. The Balaban J connectivity index is 1.87. The van der Waals surface area contributed by atoms with Crippen LogP contribution >= 0.6 is 0 Å². The van der Waals surface area contributed by atoms with Crippen molar-refractivity contribution in [2.24, 2.45) is 0 Å². The Morgan fingerprint density at radius 1 is 1.08 bits per heavy atom. The first-order valence-corrected chi connectivity index (χ1v) is 6.99. The highest BCUT2D eigenvalue weighted by Gasteiger charge is 2.10. The third-order valence-corrected chi connectivity index (χ3v) is 2.94. The average Bonchev–Trinajstić information content (AvgIpc) is 2.59. The number of anilines is 1. The number of rotatable bonds is 6. The second-order valence-corrected chi connectivity index (χ2v) is 4.67. The topological polar surface area (TPSA) is 98.5 Å². The fraction of sp³-hybridized carbons (Fsp3) is 0.0588. The van der Waals surface area contributed by atoms with Crippen LogP contribution in [0.2, 0.25) is 0 Å². The van der Waals surface area contributed by atoms with Crippen molar-refractivity contribution in [2.75, 3.05) is 11.9 Å². The number of carbonyl (C=O) groups is 2. The maximum absolute atomic E-state index is 11.6. The van der Waals surface area contributed by atoms with E-state index in [-0.39, 0.29) is 11.3 Å². The molecule has 0 saturated carbocycles. The first-order chi connectivity index (χ1) is 11.6. The van der Waals surface area contributed by atoms with E-state index < -0.39 is 23.4 Å². The fourth-order valence-corrected chi connectivity index (χ4v) is 1.86. The summed E-state index contributed by atoms with van der Waals surface area (Å²) < 4.78 is 4.79. The van der Waals surface area contributed by atoms with Crippen LogP contribution in [0, 0.1) is 10.1 Å². The number of nitrogens with zero attached hydrogens (tertiary/aromatic N) is 1. The Morgan fingerprint density at radius 2 is 1.75 bits per heavy atom. The molecule has 24 heavy (non-hydrogen) atoms. The number of amides is 1. The van der Waals surface area contributed by atoms with Crippen molar-refractivity contribution in [3.63, 3.8) is 0 Å². The fourth-order valence-electron chi connectivity index (χ4n) is 1.86. The molecule has 0 heterocycles. The maximum Gasteiger partial charge on any atom is 0.331 e. The molecule has 0 aliphatic rings. The highest BCUT2D eigenvalue weighted by atomic mass is 16.6. The Bertz CT molecular complexity index is 772. The monoisotopic (exact) mass is 326 g/mol. The third kappa shape index (κ3) is 5.06. The van der Waals surface area contributed by atoms with Gasteiger partial charge < -0.3 is 10.1 Å². The Morgan fingerprint density at radius 3 is 2.46 bits per heavy atom. The summed E-state index contributed by atoms with van der Waals surface area (Å²) in [7, 11) is 0. The molecule has 0 spiro atoms. The molecule has 0 bridgehead atoms. The van der Waals surface area contributed by atoms with Crippen LogP contribution in [0.25, 0.3) is 6.08 Å². The van der Waals surface area contributed by atoms with Crippen LogP contribution in [0.4, 0.5) is 11.4 Å². The first kappa shape index (κ1) is 16.9. The maximum atomic E-state index is 11.6. The lowest BCUT2D eigenvalue weighted by Crippen LogP contribution is -2.20. The quantitative estimate of drug-likeness (QED) is 0.381. The van der Waals surface area contributed by atoms with Crippen molar-refractivity contribution in [3.05, 3.63) is 76.4 Å². The predicted octanol–water partition coefficient (Wildman–Crippen LogP) is 2.79. The highest BCUT2D eigenvalue weighted by molar-refractivity contribution is 5.94. The van der Waals surface area contributed by atoms with E-state index in [1.165, 1.54) is 24.3 Å². The minimum atomic E-state index is -0.767. The number of esters is 1. The molecule has 122 valence electrons. The molecule has 0 aliphatic heterocycles. The van der Waals surface area contributed by atoms with E-state index in [2.05, 4.69) is 5.32 Å². The van der Waals surface area contributed by atoms with E-state index in [1.54, 1.807) is 30.3 Å². The van der Waals surface area contributed by atoms with Gasteiger partial charge >= 0.3 is 5.97 Å². The van der Waals surface area contributed by atoms with Crippen LogP contribution in [0.5, 0.6) is 0 Å². The highest BCUT2D eigenvalue weighted by Crippen LogP contribution is 2.18. The molecular formula is C17H14N2O5. The van der Waals surface area contributed by atoms with Crippen molar-refractivity contribution in [1.29, 1.82) is 0 Å². The molecule has 0 saturated heterocycles. The van der Waals surface area contributed by atoms with Gasteiger partial charge in [0.05, 0.1) is 10.5 Å². The molecule has 7 heteroatoms. The second-order valence-electron chi connectivity index (χ2n) is 4.67. The number of benzene rings is 2. The van der Waals surface area contributed by atoms with Gasteiger partial charge in [0.15, 0.2) is 6.61 Å². The van der Waals surface area contributed by atoms with Gasteiger partial charge in [-0.3, -0.25) is 14.9 Å². The summed E-state index contributed by atoms with van der Waals surface area (Å²) in [5, 5.41) is 13.4. The molecule has 2 aromatic rings. The smallest absolute Gasteiger partial charge is 0.331 e. The zero-order chi connectivity index (χ0) is 17.4. The van der Waals surface area contributed by atoms with Gasteiger partial charge in [0, 0.05) is 17.8 Å². The van der Waals surface area contributed by atoms with E-state index >= 15 is 0 Å². The van der Waals surface area contributed by atoms with E-state index in [1.807, 2.05) is 6.07 Å². The zero-order valence-electron chi connectivity index (χ0n) is 12.5. The van der Waals surface area contributed by atoms with Crippen molar-refractivity contribution < 1.29 is 19.2 Å². The number of nitro benzene ring substituents is 1. The van der Waals surface area contributed by atoms with E-state index in [4.69, 9.17) is 4.74 Å². The van der Waals surface area contributed by atoms with Gasteiger partial charge in [-0.1, -0.05) is 30.3 Å². The number of nitrogens with one attached hydrogen (secondary N) is 1. The van der Waals surface area contributed by atoms with Crippen molar-refractivity contribution >= 4 is 29.3 Å². The molecule has 2 rings (SSSR count). The lowest BCUT2D eigenvalue weighted by atomic mass is 10.1. The van der Waals surface area contributed by atoms with Crippen LogP contribution in [0.15, 0.2) is 60.7 Å². The molecule has 1 amide bonds. The Labute approximate surface area is 137 Å². The van der Waals surface area contributed by atoms with Crippen LogP contribution in [0.1, 0.15) is 5.56 Å². The molecule has 0 aromatic heterocycles. The Hall–Kier alpha value is -3.48. The summed E-state index contributed by atoms with van der Waals surface area (Å²) in [6.45, 7) is -0.449. The number of hydrogen-bond acceptors (Lipinski definition) is 5. The van der Waals surface area contributed by atoms with E-state index in [0.717, 1.165) is 6.08 Å². The number of nitro groups is 1. The van der Waals surface area contributed by atoms with Gasteiger partial charge in [0.1, 0.15) is 0 Å². The van der Waals surface area contributed by atoms with E-state index in [0.29, 0.717) is 5.69 Å². The lowest BCUT2D eigenvalue weighted by Gasteiger charge is -2.04. The predicted molar refractivity (Wildman–Crippen MR) is 88.2 cm³/mol. The standard InChI is InChI=1S/C17H14N2O5/c20-16(18-14-7-2-1-3-8-14)12-24-17(21)11-10-13-6-4-5-9-15(13)19(22)23/h1-11H,12H2,(H,18,20). The van der Waals surface area contributed by atoms with E-state index in [9.17, 15) is 19.7 Å². The van der Waals surface area contributed by atoms with Gasteiger partial charge in [-0.15, -0.1) is 0 Å². The molecule has 0 radical (unpaired) electrons. The summed E-state index contributed by atoms with van der Waals surface area (Å²) >= 11 is 0. The van der Waals surface area contributed by atoms with Crippen molar-refractivity contribution in [1.82, 2.24) is 0 Å². The molecule has 0 aliphatic carbocycles. The molecular weight excluding hydrogens is 312 g/mol. The van der Waals surface area contributed by atoms with Gasteiger partial charge in [0.25, 0.3) is 11.6 Å². The SMILES string of the molecule is O=C(COC(=O)C=Cc1ccccc1[N+](=O)[O-])Nc1ccccc1. The van der Waals surface area contributed by atoms with Gasteiger partial charge in [-0.25, -0.2) is 4.79 Å². The molecule has 0 atom stereocenters. The number of carbonyl (C=O) groups excluding carboxylic acids is 2. The molecule has 2 aromatic carbocycles.